The molecule has 0 unspecified atom stereocenters. The van der Waals surface area contributed by atoms with Crippen molar-refractivity contribution in [1.82, 2.24) is 0 Å². The summed E-state index contributed by atoms with van der Waals surface area (Å²) in [6.07, 6.45) is 2.99. The number of rotatable bonds is 4. The molecule has 0 heterocycles. The molecule has 1 aromatic carbocycles. The van der Waals surface area contributed by atoms with Gasteiger partial charge in [-0.1, -0.05) is 17.3 Å². The lowest BCUT2D eigenvalue weighted by molar-refractivity contribution is -0.385. The molecule has 1 rings (SSSR count). The van der Waals surface area contributed by atoms with Crippen molar-refractivity contribution < 1.29 is 9.31 Å². The number of hydrogen-bond acceptors (Lipinski definition) is 3. The number of nitrogens with zero attached hydrogens (tertiary/aromatic N) is 4. The van der Waals surface area contributed by atoms with Crippen LogP contribution in [0.15, 0.2) is 23.3 Å². The van der Waals surface area contributed by atoms with E-state index in [1.54, 1.807) is 0 Å². The highest BCUT2D eigenvalue weighted by Gasteiger charge is 2.14. The van der Waals surface area contributed by atoms with Gasteiger partial charge in [0.2, 0.25) is 0 Å². The maximum atomic E-state index is 13.1. The molecule has 0 radical (unpaired) electrons. The first kappa shape index (κ1) is 12.7. The summed E-state index contributed by atoms with van der Waals surface area (Å²) in [5.74, 6) is -0.675. The second-order valence-electron chi connectivity index (χ2n) is 3.21. The molecule has 6 nitrogen and oxygen atoms in total. The van der Waals surface area contributed by atoms with Crippen molar-refractivity contribution in [3.8, 4) is 0 Å². The summed E-state index contributed by atoms with van der Waals surface area (Å²) >= 11 is 0. The highest BCUT2D eigenvalue weighted by molar-refractivity contribution is 5.60. The molecule has 0 aromatic heterocycles. The summed E-state index contributed by atoms with van der Waals surface area (Å²) in [7, 11) is 0. The number of hydrogen-bond donors (Lipinski definition) is 0. The zero-order valence-electron chi connectivity index (χ0n) is 9.00. The van der Waals surface area contributed by atoms with E-state index >= 15 is 0 Å². The summed E-state index contributed by atoms with van der Waals surface area (Å²) in [6.45, 7) is 1.64. The SMILES string of the molecule is Cc1c(C=CCN=[N+]=[N-])cc(F)cc1[N+](=O)[O-]. The van der Waals surface area contributed by atoms with Crippen molar-refractivity contribution in [2.75, 3.05) is 6.54 Å². The van der Waals surface area contributed by atoms with Crippen molar-refractivity contribution in [3.05, 3.63) is 55.7 Å². The van der Waals surface area contributed by atoms with Gasteiger partial charge in [0.15, 0.2) is 0 Å². The van der Waals surface area contributed by atoms with Crippen LogP contribution in [0.25, 0.3) is 16.5 Å². The Labute approximate surface area is 96.2 Å². The molecular formula is C10H9FN4O2. The fourth-order valence-electron chi connectivity index (χ4n) is 1.31. The number of halogens is 1. The van der Waals surface area contributed by atoms with Crippen LogP contribution in [-0.2, 0) is 0 Å². The average molecular weight is 236 g/mol. The number of nitro benzene ring substituents is 1. The van der Waals surface area contributed by atoms with E-state index in [-0.39, 0.29) is 12.2 Å². The van der Waals surface area contributed by atoms with Crippen molar-refractivity contribution in [3.63, 3.8) is 0 Å². The van der Waals surface area contributed by atoms with Gasteiger partial charge in [0.05, 0.1) is 11.0 Å². The number of nitro groups is 1. The number of azide groups is 1. The van der Waals surface area contributed by atoms with E-state index in [9.17, 15) is 14.5 Å². The second-order valence-corrected chi connectivity index (χ2v) is 3.21. The smallest absolute Gasteiger partial charge is 0.258 e. The molecule has 0 atom stereocenters. The van der Waals surface area contributed by atoms with Crippen molar-refractivity contribution in [2.45, 2.75) is 6.92 Å². The Morgan fingerprint density at radius 3 is 2.94 bits per heavy atom. The van der Waals surface area contributed by atoms with Crippen LogP contribution in [0.2, 0.25) is 0 Å². The lowest BCUT2D eigenvalue weighted by Gasteiger charge is -2.02. The van der Waals surface area contributed by atoms with E-state index in [1.165, 1.54) is 25.1 Å². The Morgan fingerprint density at radius 2 is 2.35 bits per heavy atom. The van der Waals surface area contributed by atoms with E-state index in [0.29, 0.717) is 11.1 Å². The molecule has 0 N–H and O–H groups in total. The monoisotopic (exact) mass is 236 g/mol. The molecule has 0 fully saturated rings. The summed E-state index contributed by atoms with van der Waals surface area (Å²) in [4.78, 5) is 12.6. The lowest BCUT2D eigenvalue weighted by atomic mass is 10.1. The van der Waals surface area contributed by atoms with Crippen LogP contribution in [0.1, 0.15) is 11.1 Å². The maximum absolute atomic E-state index is 13.1. The fraction of sp³-hybridized carbons (Fsp3) is 0.200. The molecule has 0 saturated carbocycles. The third-order valence-electron chi connectivity index (χ3n) is 2.13. The van der Waals surface area contributed by atoms with Gasteiger partial charge in [0.25, 0.3) is 5.69 Å². The van der Waals surface area contributed by atoms with Crippen LogP contribution in [0.4, 0.5) is 10.1 Å². The molecule has 0 amide bonds. The van der Waals surface area contributed by atoms with Crippen LogP contribution in [0.5, 0.6) is 0 Å². The summed E-state index contributed by atoms with van der Waals surface area (Å²) in [5.41, 5.74) is 8.55. The van der Waals surface area contributed by atoms with Gasteiger partial charge in [0.1, 0.15) is 5.82 Å². The topological polar surface area (TPSA) is 91.9 Å². The molecule has 0 aliphatic carbocycles. The summed E-state index contributed by atoms with van der Waals surface area (Å²) in [5, 5.41) is 13.9. The van der Waals surface area contributed by atoms with Crippen molar-refractivity contribution in [2.24, 2.45) is 5.11 Å². The Balaban J connectivity index is 3.11. The minimum atomic E-state index is -0.675. The van der Waals surface area contributed by atoms with E-state index in [4.69, 9.17) is 5.53 Å². The molecular weight excluding hydrogens is 227 g/mol. The zero-order valence-corrected chi connectivity index (χ0v) is 9.00. The van der Waals surface area contributed by atoms with E-state index < -0.39 is 10.7 Å². The van der Waals surface area contributed by atoms with E-state index in [0.717, 1.165) is 6.07 Å². The minimum Gasteiger partial charge on any atom is -0.258 e. The Bertz CT molecular complexity index is 521. The van der Waals surface area contributed by atoms with Crippen LogP contribution in [-0.4, -0.2) is 11.5 Å². The molecule has 7 heteroatoms. The van der Waals surface area contributed by atoms with Crippen LogP contribution >= 0.6 is 0 Å². The molecule has 0 bridgehead atoms. The zero-order chi connectivity index (χ0) is 12.8. The highest BCUT2D eigenvalue weighted by Crippen LogP contribution is 2.24. The normalized spacial score (nSPS) is 10.2. The first-order valence-corrected chi connectivity index (χ1v) is 4.68. The molecule has 0 aliphatic heterocycles. The lowest BCUT2D eigenvalue weighted by Crippen LogP contribution is -1.95. The molecule has 0 saturated heterocycles. The van der Waals surface area contributed by atoms with Crippen LogP contribution in [0.3, 0.4) is 0 Å². The van der Waals surface area contributed by atoms with Crippen molar-refractivity contribution >= 4 is 11.8 Å². The molecule has 0 spiro atoms. The third kappa shape index (κ3) is 3.29. The predicted octanol–water partition coefficient (Wildman–Crippen LogP) is 3.37. The van der Waals surface area contributed by atoms with E-state index in [1.807, 2.05) is 0 Å². The summed E-state index contributed by atoms with van der Waals surface area (Å²) in [6, 6.07) is 2.06. The molecule has 1 aromatic rings. The first-order chi connectivity index (χ1) is 8.06. The van der Waals surface area contributed by atoms with Gasteiger partial charge in [-0.25, -0.2) is 4.39 Å². The van der Waals surface area contributed by atoms with Gasteiger partial charge in [0, 0.05) is 17.0 Å². The Morgan fingerprint density at radius 1 is 1.65 bits per heavy atom. The molecule has 17 heavy (non-hydrogen) atoms. The fourth-order valence-corrected chi connectivity index (χ4v) is 1.31. The Kier molecular flexibility index (Phi) is 4.19. The molecule has 88 valence electrons. The second kappa shape index (κ2) is 5.62. The standard InChI is InChI=1S/C10H9FN4O2/c1-7-8(3-2-4-13-14-12)5-9(11)6-10(7)15(16)17/h2-3,5-6H,4H2,1H3. The highest BCUT2D eigenvalue weighted by atomic mass is 19.1. The van der Waals surface area contributed by atoms with Gasteiger partial charge in [-0.3, -0.25) is 10.1 Å². The predicted molar refractivity (Wildman–Crippen MR) is 60.8 cm³/mol. The van der Waals surface area contributed by atoms with Gasteiger partial charge in [-0.05, 0) is 24.1 Å². The van der Waals surface area contributed by atoms with Gasteiger partial charge in [-0.15, -0.1) is 0 Å². The first-order valence-electron chi connectivity index (χ1n) is 4.68. The average Bonchev–Trinajstić information content (AvgIpc) is 2.28. The Hall–Kier alpha value is -2.40. The molecule has 0 aliphatic rings. The van der Waals surface area contributed by atoms with Gasteiger partial charge in [-0.2, -0.15) is 0 Å². The van der Waals surface area contributed by atoms with Crippen molar-refractivity contribution in [1.29, 1.82) is 0 Å². The minimum absolute atomic E-state index is 0.111. The number of benzene rings is 1. The third-order valence-corrected chi connectivity index (χ3v) is 2.13. The maximum Gasteiger partial charge on any atom is 0.275 e. The van der Waals surface area contributed by atoms with Gasteiger partial charge < -0.3 is 0 Å². The van der Waals surface area contributed by atoms with Crippen LogP contribution < -0.4 is 0 Å². The van der Waals surface area contributed by atoms with Crippen LogP contribution in [0, 0.1) is 22.9 Å². The van der Waals surface area contributed by atoms with E-state index in [2.05, 4.69) is 10.0 Å². The summed E-state index contributed by atoms with van der Waals surface area (Å²) < 4.78 is 13.1. The van der Waals surface area contributed by atoms with Gasteiger partial charge >= 0.3 is 0 Å². The largest absolute Gasteiger partial charge is 0.275 e. The quantitative estimate of drug-likeness (QED) is 0.263.